The van der Waals surface area contributed by atoms with Gasteiger partial charge in [0.05, 0.1) is 0 Å². The molecule has 0 spiro atoms. The number of aromatic nitrogens is 3. The minimum Gasteiger partial charge on any atom is -0.366 e. The number of carbonyl (C=O) groups excluding carboxylic acids is 2. The van der Waals surface area contributed by atoms with Crippen LogP contribution < -0.4 is 11.1 Å². The van der Waals surface area contributed by atoms with Crippen LogP contribution in [0.1, 0.15) is 21.5 Å². The van der Waals surface area contributed by atoms with Crippen molar-refractivity contribution < 1.29 is 9.59 Å². The summed E-state index contributed by atoms with van der Waals surface area (Å²) >= 11 is 0. The van der Waals surface area contributed by atoms with Crippen molar-refractivity contribution in [2.45, 2.75) is 13.1 Å². The molecule has 2 heterocycles. The van der Waals surface area contributed by atoms with Gasteiger partial charge in [0, 0.05) is 44.3 Å². The number of urea groups is 1. The SMILES string of the molecule is CN(Cc1ccc(C(N)=O)cc1)C(=O)NCc1ccc(-n2cccn2)nc1. The van der Waals surface area contributed by atoms with Crippen LogP contribution >= 0.6 is 0 Å². The normalized spacial score (nSPS) is 10.4. The van der Waals surface area contributed by atoms with Crippen molar-refractivity contribution in [3.05, 3.63) is 77.7 Å². The van der Waals surface area contributed by atoms with Crippen LogP contribution in [0.5, 0.6) is 0 Å². The molecule has 0 atom stereocenters. The molecule has 3 aromatic rings. The van der Waals surface area contributed by atoms with E-state index in [0.29, 0.717) is 24.5 Å². The Bertz CT molecular complexity index is 904. The number of pyridine rings is 1. The van der Waals surface area contributed by atoms with Crippen molar-refractivity contribution in [3.8, 4) is 5.82 Å². The van der Waals surface area contributed by atoms with Crippen LogP contribution in [0.2, 0.25) is 0 Å². The number of nitrogens with zero attached hydrogens (tertiary/aromatic N) is 4. The Hall–Kier alpha value is -3.68. The molecule has 3 N–H and O–H groups in total. The summed E-state index contributed by atoms with van der Waals surface area (Å²) in [6.07, 6.45) is 5.21. The first kappa shape index (κ1) is 18.1. The van der Waals surface area contributed by atoms with Crippen LogP contribution in [0.25, 0.3) is 5.82 Å². The minimum absolute atomic E-state index is 0.204. The highest BCUT2D eigenvalue weighted by Gasteiger charge is 2.09. The molecule has 8 nitrogen and oxygen atoms in total. The molecule has 0 unspecified atom stereocenters. The molecule has 0 radical (unpaired) electrons. The van der Waals surface area contributed by atoms with E-state index in [2.05, 4.69) is 15.4 Å². The maximum absolute atomic E-state index is 12.3. The lowest BCUT2D eigenvalue weighted by atomic mass is 10.1. The van der Waals surface area contributed by atoms with Crippen molar-refractivity contribution in [1.82, 2.24) is 25.0 Å². The summed E-state index contributed by atoms with van der Waals surface area (Å²) < 4.78 is 1.67. The Morgan fingerprint density at radius 3 is 2.48 bits per heavy atom. The van der Waals surface area contributed by atoms with Gasteiger partial charge in [0.15, 0.2) is 5.82 Å². The Balaban J connectivity index is 1.51. The molecule has 0 aliphatic rings. The van der Waals surface area contributed by atoms with Gasteiger partial charge in [-0.1, -0.05) is 18.2 Å². The van der Waals surface area contributed by atoms with Crippen LogP contribution in [0.4, 0.5) is 4.79 Å². The summed E-state index contributed by atoms with van der Waals surface area (Å²) in [7, 11) is 1.70. The Labute approximate surface area is 156 Å². The van der Waals surface area contributed by atoms with E-state index in [0.717, 1.165) is 11.1 Å². The summed E-state index contributed by atoms with van der Waals surface area (Å²) in [4.78, 5) is 29.2. The highest BCUT2D eigenvalue weighted by atomic mass is 16.2. The van der Waals surface area contributed by atoms with Crippen molar-refractivity contribution in [3.63, 3.8) is 0 Å². The molecule has 0 aliphatic carbocycles. The van der Waals surface area contributed by atoms with Gasteiger partial charge in [-0.2, -0.15) is 5.10 Å². The smallest absolute Gasteiger partial charge is 0.317 e. The van der Waals surface area contributed by atoms with Crippen molar-refractivity contribution in [2.75, 3.05) is 7.05 Å². The number of nitrogens with two attached hydrogens (primary N) is 1. The monoisotopic (exact) mass is 364 g/mol. The van der Waals surface area contributed by atoms with E-state index in [-0.39, 0.29) is 6.03 Å². The predicted molar refractivity (Wildman–Crippen MR) is 100 cm³/mol. The van der Waals surface area contributed by atoms with Gasteiger partial charge in [0.2, 0.25) is 5.91 Å². The maximum Gasteiger partial charge on any atom is 0.317 e. The quantitative estimate of drug-likeness (QED) is 0.694. The molecule has 8 heteroatoms. The molecule has 0 saturated heterocycles. The largest absolute Gasteiger partial charge is 0.366 e. The fraction of sp³-hybridized carbons (Fsp3) is 0.158. The van der Waals surface area contributed by atoms with E-state index in [1.165, 1.54) is 0 Å². The fourth-order valence-electron chi connectivity index (χ4n) is 2.49. The van der Waals surface area contributed by atoms with E-state index >= 15 is 0 Å². The van der Waals surface area contributed by atoms with Crippen LogP contribution in [-0.2, 0) is 13.1 Å². The van der Waals surface area contributed by atoms with Gasteiger partial charge < -0.3 is 16.0 Å². The minimum atomic E-state index is -0.472. The van der Waals surface area contributed by atoms with E-state index in [9.17, 15) is 9.59 Å². The third-order valence-corrected chi connectivity index (χ3v) is 4.00. The third-order valence-electron chi connectivity index (χ3n) is 4.00. The zero-order valence-corrected chi connectivity index (χ0v) is 14.9. The van der Waals surface area contributed by atoms with Crippen molar-refractivity contribution in [2.24, 2.45) is 5.73 Å². The first-order valence-electron chi connectivity index (χ1n) is 8.35. The van der Waals surface area contributed by atoms with Gasteiger partial charge in [0.25, 0.3) is 0 Å². The molecule has 0 aliphatic heterocycles. The number of benzene rings is 1. The van der Waals surface area contributed by atoms with Gasteiger partial charge in [0.1, 0.15) is 0 Å². The van der Waals surface area contributed by atoms with Gasteiger partial charge in [-0.05, 0) is 35.4 Å². The number of carbonyl (C=O) groups is 2. The number of hydrogen-bond acceptors (Lipinski definition) is 4. The topological polar surface area (TPSA) is 106 Å². The summed E-state index contributed by atoms with van der Waals surface area (Å²) in [5.41, 5.74) is 7.46. The van der Waals surface area contributed by atoms with E-state index in [4.69, 9.17) is 5.73 Å². The second-order valence-electron chi connectivity index (χ2n) is 6.05. The predicted octanol–water partition coefficient (Wildman–Crippen LogP) is 1.71. The summed E-state index contributed by atoms with van der Waals surface area (Å²) in [5.74, 6) is 0.242. The molecule has 3 rings (SSSR count). The van der Waals surface area contributed by atoms with Gasteiger partial charge >= 0.3 is 6.03 Å². The number of hydrogen-bond donors (Lipinski definition) is 2. The Kier molecular flexibility index (Phi) is 5.46. The first-order valence-corrected chi connectivity index (χ1v) is 8.35. The lowest BCUT2D eigenvalue weighted by molar-refractivity contribution is 0.1000. The van der Waals surface area contributed by atoms with Crippen LogP contribution in [0.15, 0.2) is 61.1 Å². The Morgan fingerprint density at radius 2 is 1.89 bits per heavy atom. The van der Waals surface area contributed by atoms with Gasteiger partial charge in [-0.25, -0.2) is 14.5 Å². The van der Waals surface area contributed by atoms with Crippen LogP contribution in [0, 0.1) is 0 Å². The second kappa shape index (κ2) is 8.13. The van der Waals surface area contributed by atoms with Crippen molar-refractivity contribution >= 4 is 11.9 Å². The first-order chi connectivity index (χ1) is 13.0. The van der Waals surface area contributed by atoms with E-state index in [1.807, 2.05) is 24.4 Å². The summed E-state index contributed by atoms with van der Waals surface area (Å²) in [6.45, 7) is 0.789. The lowest BCUT2D eigenvalue weighted by Crippen LogP contribution is -2.36. The molecule has 3 amide bonds. The highest BCUT2D eigenvalue weighted by molar-refractivity contribution is 5.92. The molecule has 1 aromatic carbocycles. The summed E-state index contributed by atoms with van der Waals surface area (Å²) in [5, 5.41) is 6.97. The lowest BCUT2D eigenvalue weighted by Gasteiger charge is -2.18. The third kappa shape index (κ3) is 4.69. The number of primary amides is 1. The van der Waals surface area contributed by atoms with Gasteiger partial charge in [-0.15, -0.1) is 0 Å². The second-order valence-corrected chi connectivity index (χ2v) is 6.05. The average Bonchev–Trinajstić information content (AvgIpc) is 3.21. The fourth-order valence-corrected chi connectivity index (χ4v) is 2.49. The van der Waals surface area contributed by atoms with Crippen LogP contribution in [-0.4, -0.2) is 38.7 Å². The zero-order valence-electron chi connectivity index (χ0n) is 14.9. The molecule has 0 bridgehead atoms. The molecule has 138 valence electrons. The van der Waals surface area contributed by atoms with E-state index < -0.39 is 5.91 Å². The number of amides is 3. The van der Waals surface area contributed by atoms with Crippen molar-refractivity contribution in [1.29, 1.82) is 0 Å². The highest BCUT2D eigenvalue weighted by Crippen LogP contribution is 2.08. The van der Waals surface area contributed by atoms with Crippen LogP contribution in [0.3, 0.4) is 0 Å². The average molecular weight is 364 g/mol. The molecule has 27 heavy (non-hydrogen) atoms. The number of nitrogens with one attached hydrogen (secondary N) is 1. The Morgan fingerprint density at radius 1 is 1.15 bits per heavy atom. The molecule has 0 saturated carbocycles. The standard InChI is InChI=1S/C19H20N6O2/c1-24(13-14-3-6-16(7-4-14)18(20)26)19(27)22-12-15-5-8-17(21-11-15)25-10-2-9-23-25/h2-11H,12-13H2,1H3,(H2,20,26)(H,22,27). The van der Waals surface area contributed by atoms with E-state index in [1.54, 1.807) is 53.3 Å². The maximum atomic E-state index is 12.3. The molecular formula is C19H20N6O2. The zero-order chi connectivity index (χ0) is 19.2. The molecular weight excluding hydrogens is 344 g/mol. The number of rotatable bonds is 6. The summed E-state index contributed by atoms with van der Waals surface area (Å²) in [6, 6.07) is 12.2. The van der Waals surface area contributed by atoms with Gasteiger partial charge in [-0.3, -0.25) is 4.79 Å². The molecule has 2 aromatic heterocycles. The molecule has 0 fully saturated rings.